The highest BCUT2D eigenvalue weighted by atomic mass is 19.1. The topological polar surface area (TPSA) is 103 Å². The number of anilines is 3. The van der Waals surface area contributed by atoms with Crippen LogP contribution < -0.4 is 15.8 Å². The van der Waals surface area contributed by atoms with Gasteiger partial charge in [-0.05, 0) is 12.1 Å². The van der Waals surface area contributed by atoms with E-state index in [1.54, 1.807) is 6.07 Å². The number of methoxy groups -OCH3 is 1. The van der Waals surface area contributed by atoms with E-state index in [2.05, 4.69) is 10.3 Å². The number of nitrogens with zero attached hydrogens (tertiary/aromatic N) is 2. The summed E-state index contributed by atoms with van der Waals surface area (Å²) in [4.78, 5) is 14.0. The number of rotatable bonds is 4. The number of hydrogen-bond acceptors (Lipinski definition) is 6. The number of benzene rings is 1. The van der Waals surface area contributed by atoms with E-state index >= 15 is 0 Å². The molecule has 1 aromatic carbocycles. The van der Waals surface area contributed by atoms with Crippen LogP contribution in [-0.4, -0.2) is 17.0 Å². The Balaban J connectivity index is 2.30. The number of ether oxygens (including phenoxy) is 1. The first-order chi connectivity index (χ1) is 9.49. The van der Waals surface area contributed by atoms with Crippen molar-refractivity contribution in [1.29, 1.82) is 0 Å². The van der Waals surface area contributed by atoms with Crippen molar-refractivity contribution in [3.63, 3.8) is 0 Å². The Morgan fingerprint density at radius 3 is 2.75 bits per heavy atom. The molecule has 1 aromatic heterocycles. The minimum absolute atomic E-state index is 0.00400. The van der Waals surface area contributed by atoms with Crippen LogP contribution in [0.15, 0.2) is 30.3 Å². The third kappa shape index (κ3) is 2.91. The van der Waals surface area contributed by atoms with Gasteiger partial charge in [-0.25, -0.2) is 9.37 Å². The average molecular weight is 278 g/mol. The number of halogens is 1. The molecular formula is C12H11FN4O3. The van der Waals surface area contributed by atoms with Gasteiger partial charge in [0.1, 0.15) is 11.6 Å². The molecule has 20 heavy (non-hydrogen) atoms. The van der Waals surface area contributed by atoms with Crippen LogP contribution in [-0.2, 0) is 0 Å². The fraction of sp³-hybridized carbons (Fsp3) is 0.0833. The predicted octanol–water partition coefficient (Wildman–Crippen LogP) is 2.46. The summed E-state index contributed by atoms with van der Waals surface area (Å²) in [5, 5.41) is 13.5. The van der Waals surface area contributed by atoms with Crippen molar-refractivity contribution in [1.82, 2.24) is 4.98 Å². The molecule has 0 aliphatic carbocycles. The van der Waals surface area contributed by atoms with Crippen LogP contribution in [0.25, 0.3) is 0 Å². The van der Waals surface area contributed by atoms with Crippen LogP contribution >= 0.6 is 0 Å². The first-order valence-electron chi connectivity index (χ1n) is 5.52. The lowest BCUT2D eigenvalue weighted by Gasteiger charge is -2.08. The van der Waals surface area contributed by atoms with Gasteiger partial charge in [-0.3, -0.25) is 10.1 Å². The number of pyridine rings is 1. The SMILES string of the molecule is COc1ccc(Nc2cc([N+](=O)[O-])cc(N)n2)cc1F. The third-order valence-corrected chi connectivity index (χ3v) is 2.46. The normalized spacial score (nSPS) is 10.1. The van der Waals surface area contributed by atoms with E-state index in [4.69, 9.17) is 10.5 Å². The van der Waals surface area contributed by atoms with E-state index in [0.29, 0.717) is 5.69 Å². The standard InChI is InChI=1S/C12H11FN4O3/c1-20-10-3-2-7(4-9(10)13)15-12-6-8(17(18)19)5-11(14)16-12/h2-6H,1H3,(H3,14,15,16). The minimum Gasteiger partial charge on any atom is -0.494 e. The summed E-state index contributed by atoms with van der Waals surface area (Å²) in [6, 6.07) is 6.52. The Morgan fingerprint density at radius 1 is 1.40 bits per heavy atom. The predicted molar refractivity (Wildman–Crippen MR) is 71.5 cm³/mol. The highest BCUT2D eigenvalue weighted by Gasteiger charge is 2.11. The van der Waals surface area contributed by atoms with Crippen LogP contribution in [0.4, 0.5) is 27.4 Å². The van der Waals surface area contributed by atoms with Gasteiger partial charge in [0.2, 0.25) is 0 Å². The summed E-state index contributed by atoms with van der Waals surface area (Å²) in [5.74, 6) is -0.310. The van der Waals surface area contributed by atoms with Crippen molar-refractivity contribution in [2.45, 2.75) is 0 Å². The smallest absolute Gasteiger partial charge is 0.276 e. The lowest BCUT2D eigenvalue weighted by molar-refractivity contribution is -0.384. The first kappa shape index (κ1) is 13.5. The largest absolute Gasteiger partial charge is 0.494 e. The number of nitrogens with two attached hydrogens (primary N) is 1. The second-order valence-electron chi connectivity index (χ2n) is 3.87. The number of nitrogen functional groups attached to an aromatic ring is 1. The molecule has 0 radical (unpaired) electrons. The molecule has 3 N–H and O–H groups in total. The zero-order valence-electron chi connectivity index (χ0n) is 10.5. The molecule has 0 saturated carbocycles. The first-order valence-corrected chi connectivity index (χ1v) is 5.52. The summed E-state index contributed by atoms with van der Waals surface area (Å²) in [5.41, 5.74) is 5.65. The summed E-state index contributed by atoms with van der Waals surface area (Å²) in [7, 11) is 1.36. The van der Waals surface area contributed by atoms with Gasteiger partial charge in [-0.1, -0.05) is 0 Å². The maximum atomic E-state index is 13.5. The lowest BCUT2D eigenvalue weighted by Crippen LogP contribution is -2.00. The van der Waals surface area contributed by atoms with Crippen LogP contribution in [0.1, 0.15) is 0 Å². The minimum atomic E-state index is -0.585. The highest BCUT2D eigenvalue weighted by molar-refractivity contribution is 5.62. The van der Waals surface area contributed by atoms with Gasteiger partial charge in [0.05, 0.1) is 24.2 Å². The second kappa shape index (κ2) is 5.39. The van der Waals surface area contributed by atoms with Gasteiger partial charge < -0.3 is 15.8 Å². The summed E-state index contributed by atoms with van der Waals surface area (Å²) in [6.45, 7) is 0. The van der Waals surface area contributed by atoms with Crippen LogP contribution in [0.2, 0.25) is 0 Å². The summed E-state index contributed by atoms with van der Waals surface area (Å²) < 4.78 is 18.3. The molecule has 2 aromatic rings. The Morgan fingerprint density at radius 2 is 2.15 bits per heavy atom. The summed E-state index contributed by atoms with van der Waals surface area (Å²) >= 11 is 0. The van der Waals surface area contributed by atoms with Gasteiger partial charge in [0.25, 0.3) is 5.69 Å². The fourth-order valence-electron chi connectivity index (χ4n) is 1.60. The Hall–Kier alpha value is -2.90. The maximum Gasteiger partial charge on any atom is 0.276 e. The molecule has 0 atom stereocenters. The van der Waals surface area contributed by atoms with E-state index in [-0.39, 0.29) is 23.1 Å². The van der Waals surface area contributed by atoms with Crippen molar-refractivity contribution in [2.24, 2.45) is 0 Å². The highest BCUT2D eigenvalue weighted by Crippen LogP contribution is 2.25. The average Bonchev–Trinajstić information content (AvgIpc) is 2.38. The number of hydrogen-bond donors (Lipinski definition) is 2. The van der Waals surface area contributed by atoms with Crippen molar-refractivity contribution >= 4 is 23.0 Å². The molecule has 0 aliphatic rings. The second-order valence-corrected chi connectivity index (χ2v) is 3.87. The number of nitro groups is 1. The van der Waals surface area contributed by atoms with Crippen LogP contribution in [0.5, 0.6) is 5.75 Å². The molecule has 8 heteroatoms. The van der Waals surface area contributed by atoms with E-state index in [1.807, 2.05) is 0 Å². The molecule has 0 unspecified atom stereocenters. The molecule has 0 fully saturated rings. The molecule has 0 saturated heterocycles. The Labute approximate surface area is 113 Å². The third-order valence-electron chi connectivity index (χ3n) is 2.46. The monoisotopic (exact) mass is 278 g/mol. The van der Waals surface area contributed by atoms with E-state index in [0.717, 1.165) is 6.07 Å². The zero-order chi connectivity index (χ0) is 14.7. The zero-order valence-corrected chi connectivity index (χ0v) is 10.5. The van der Waals surface area contributed by atoms with Gasteiger partial charge >= 0.3 is 0 Å². The Kier molecular flexibility index (Phi) is 3.65. The molecule has 0 aliphatic heterocycles. The lowest BCUT2D eigenvalue weighted by atomic mass is 10.3. The van der Waals surface area contributed by atoms with Crippen LogP contribution in [0.3, 0.4) is 0 Å². The van der Waals surface area contributed by atoms with Gasteiger partial charge in [0.15, 0.2) is 11.6 Å². The van der Waals surface area contributed by atoms with Crippen molar-refractivity contribution in [3.8, 4) is 5.75 Å². The number of aromatic nitrogens is 1. The maximum absolute atomic E-state index is 13.5. The van der Waals surface area contributed by atoms with E-state index < -0.39 is 10.7 Å². The molecule has 0 bridgehead atoms. The number of nitrogens with one attached hydrogen (secondary N) is 1. The van der Waals surface area contributed by atoms with Gasteiger partial charge in [0, 0.05) is 11.8 Å². The summed E-state index contributed by atoms with van der Waals surface area (Å²) in [6.07, 6.45) is 0. The van der Waals surface area contributed by atoms with E-state index in [1.165, 1.54) is 25.3 Å². The molecule has 7 nitrogen and oxygen atoms in total. The fourth-order valence-corrected chi connectivity index (χ4v) is 1.60. The Bertz CT molecular complexity index is 663. The van der Waals surface area contributed by atoms with E-state index in [9.17, 15) is 14.5 Å². The quantitative estimate of drug-likeness (QED) is 0.657. The van der Waals surface area contributed by atoms with Crippen molar-refractivity contribution < 1.29 is 14.1 Å². The molecule has 1 heterocycles. The molecule has 2 rings (SSSR count). The molecular weight excluding hydrogens is 267 g/mol. The van der Waals surface area contributed by atoms with Crippen LogP contribution in [0, 0.1) is 15.9 Å². The van der Waals surface area contributed by atoms with Crippen molar-refractivity contribution in [2.75, 3.05) is 18.2 Å². The molecule has 104 valence electrons. The van der Waals surface area contributed by atoms with Gasteiger partial charge in [-0.15, -0.1) is 0 Å². The van der Waals surface area contributed by atoms with Crippen molar-refractivity contribution in [3.05, 3.63) is 46.3 Å². The molecule has 0 amide bonds. The van der Waals surface area contributed by atoms with Gasteiger partial charge in [-0.2, -0.15) is 0 Å². The molecule has 0 spiro atoms.